The van der Waals surface area contributed by atoms with Gasteiger partial charge in [0.15, 0.2) is 0 Å². The number of carbonyl (C=O) groups is 2. The normalized spacial score (nSPS) is 22.6. The van der Waals surface area contributed by atoms with Crippen LogP contribution in [0.15, 0.2) is 11.4 Å². The first-order valence-electron chi connectivity index (χ1n) is 6.17. The molecule has 1 aliphatic rings. The molecule has 0 aromatic carbocycles. The van der Waals surface area contributed by atoms with Gasteiger partial charge in [-0.3, -0.25) is 14.9 Å². The monoisotopic (exact) mass is 298 g/mol. The lowest BCUT2D eigenvalue weighted by Gasteiger charge is -2.35. The van der Waals surface area contributed by atoms with Crippen LogP contribution in [0.1, 0.15) is 30.1 Å². The fraction of sp³-hybridized carbons (Fsp3) is 0.500. The Kier molecular flexibility index (Phi) is 4.03. The Bertz CT molecular complexity index is 556. The highest BCUT2D eigenvalue weighted by molar-refractivity contribution is 7.13. The van der Waals surface area contributed by atoms with E-state index >= 15 is 0 Å². The fourth-order valence-corrected chi connectivity index (χ4v) is 3.02. The maximum Gasteiger partial charge on any atom is 0.326 e. The Morgan fingerprint density at radius 1 is 1.55 bits per heavy atom. The zero-order chi connectivity index (χ0) is 14.9. The van der Waals surface area contributed by atoms with E-state index in [-0.39, 0.29) is 16.5 Å². The summed E-state index contributed by atoms with van der Waals surface area (Å²) in [5.74, 6) is -1.24. The first-order valence-corrected chi connectivity index (χ1v) is 7.04. The van der Waals surface area contributed by atoms with E-state index in [9.17, 15) is 24.8 Å². The number of hydrogen-bond acceptors (Lipinski definition) is 5. The smallest absolute Gasteiger partial charge is 0.326 e. The van der Waals surface area contributed by atoms with E-state index in [1.165, 1.54) is 16.3 Å². The van der Waals surface area contributed by atoms with Crippen LogP contribution in [0.5, 0.6) is 0 Å². The Morgan fingerprint density at radius 2 is 2.25 bits per heavy atom. The summed E-state index contributed by atoms with van der Waals surface area (Å²) in [5.41, 5.74) is 0.183. The van der Waals surface area contributed by atoms with Crippen molar-refractivity contribution in [2.24, 2.45) is 5.92 Å². The molecule has 1 aromatic rings. The second-order valence-electron chi connectivity index (χ2n) is 4.91. The van der Waals surface area contributed by atoms with E-state index in [1.54, 1.807) is 0 Å². The molecule has 8 heteroatoms. The van der Waals surface area contributed by atoms with Crippen LogP contribution in [0.25, 0.3) is 0 Å². The summed E-state index contributed by atoms with van der Waals surface area (Å²) in [4.78, 5) is 34.9. The van der Waals surface area contributed by atoms with Gasteiger partial charge in [0.25, 0.3) is 5.91 Å². The lowest BCUT2D eigenvalue weighted by Crippen LogP contribution is -2.49. The molecule has 2 unspecified atom stereocenters. The Hall–Kier alpha value is -1.96. The van der Waals surface area contributed by atoms with Crippen LogP contribution >= 0.6 is 11.3 Å². The summed E-state index contributed by atoms with van der Waals surface area (Å²) in [6, 6.07) is 0.342. The molecule has 0 aliphatic carbocycles. The minimum absolute atomic E-state index is 0.120. The molecular weight excluding hydrogens is 284 g/mol. The standard InChI is InChI=1S/C12H14N2O5S/c1-7-2-3-13(9(4-7)12(16)17)11(15)8-5-10(14(18)19)20-6-8/h5-7,9H,2-4H2,1H3,(H,16,17). The Labute approximate surface area is 119 Å². The van der Waals surface area contributed by atoms with Gasteiger partial charge in [0.05, 0.1) is 10.5 Å². The van der Waals surface area contributed by atoms with Crippen molar-refractivity contribution < 1.29 is 19.6 Å². The summed E-state index contributed by atoms with van der Waals surface area (Å²) < 4.78 is 0. The van der Waals surface area contributed by atoms with E-state index in [2.05, 4.69) is 0 Å². The lowest BCUT2D eigenvalue weighted by molar-refractivity contribution is -0.380. The molecule has 2 rings (SSSR count). The van der Waals surface area contributed by atoms with Gasteiger partial charge in [-0.25, -0.2) is 4.79 Å². The fourth-order valence-electron chi connectivity index (χ4n) is 2.32. The highest BCUT2D eigenvalue weighted by Crippen LogP contribution is 2.28. The maximum atomic E-state index is 12.3. The first-order chi connectivity index (χ1) is 9.40. The molecule has 0 bridgehead atoms. The number of aliphatic carboxylic acids is 1. The minimum Gasteiger partial charge on any atom is -0.480 e. The van der Waals surface area contributed by atoms with Crippen molar-refractivity contribution in [3.05, 3.63) is 27.1 Å². The van der Waals surface area contributed by atoms with Crippen molar-refractivity contribution in [3.63, 3.8) is 0 Å². The average molecular weight is 298 g/mol. The van der Waals surface area contributed by atoms with E-state index in [0.717, 1.165) is 17.8 Å². The number of carboxylic acids is 1. The second-order valence-corrected chi connectivity index (χ2v) is 5.80. The predicted molar refractivity (Wildman–Crippen MR) is 71.8 cm³/mol. The van der Waals surface area contributed by atoms with E-state index in [1.807, 2.05) is 6.92 Å². The third-order valence-electron chi connectivity index (χ3n) is 3.42. The number of nitro groups is 1. The number of nitrogens with zero attached hydrogens (tertiary/aromatic N) is 2. The van der Waals surface area contributed by atoms with Crippen LogP contribution in [-0.4, -0.2) is 39.4 Å². The van der Waals surface area contributed by atoms with Crippen molar-refractivity contribution >= 4 is 28.2 Å². The lowest BCUT2D eigenvalue weighted by atomic mass is 9.92. The topological polar surface area (TPSA) is 101 Å². The van der Waals surface area contributed by atoms with Crippen LogP contribution in [-0.2, 0) is 4.79 Å². The maximum absolute atomic E-state index is 12.3. The molecular formula is C12H14N2O5S. The number of thiophene rings is 1. The van der Waals surface area contributed by atoms with E-state index < -0.39 is 22.8 Å². The number of rotatable bonds is 3. The molecule has 1 saturated heterocycles. The molecule has 0 saturated carbocycles. The Balaban J connectivity index is 2.21. The van der Waals surface area contributed by atoms with E-state index in [4.69, 9.17) is 0 Å². The average Bonchev–Trinajstić information content (AvgIpc) is 2.87. The molecule has 1 aromatic heterocycles. The molecule has 108 valence electrons. The molecule has 0 radical (unpaired) electrons. The second kappa shape index (κ2) is 5.58. The number of likely N-dealkylation sites (tertiary alicyclic amines) is 1. The molecule has 1 amide bonds. The number of amides is 1. The van der Waals surface area contributed by atoms with Crippen molar-refractivity contribution in [1.29, 1.82) is 0 Å². The van der Waals surface area contributed by atoms with Gasteiger partial charge in [-0.05, 0) is 18.8 Å². The molecule has 1 N–H and O–H groups in total. The number of hydrogen-bond donors (Lipinski definition) is 1. The molecule has 7 nitrogen and oxygen atoms in total. The zero-order valence-electron chi connectivity index (χ0n) is 10.8. The van der Waals surface area contributed by atoms with Gasteiger partial charge in [-0.1, -0.05) is 18.3 Å². The summed E-state index contributed by atoms with van der Waals surface area (Å²) >= 11 is 0.866. The largest absolute Gasteiger partial charge is 0.480 e. The molecule has 1 aliphatic heterocycles. The number of piperidine rings is 1. The summed E-state index contributed by atoms with van der Waals surface area (Å²) in [6.07, 6.45) is 1.15. The summed E-state index contributed by atoms with van der Waals surface area (Å²) in [5, 5.41) is 21.1. The number of carbonyl (C=O) groups excluding carboxylic acids is 1. The van der Waals surface area contributed by atoms with Crippen LogP contribution in [0.3, 0.4) is 0 Å². The minimum atomic E-state index is -1.03. The van der Waals surface area contributed by atoms with Crippen LogP contribution in [0, 0.1) is 16.0 Å². The molecule has 20 heavy (non-hydrogen) atoms. The molecule has 2 atom stereocenters. The third kappa shape index (κ3) is 2.79. The van der Waals surface area contributed by atoms with Gasteiger partial charge in [-0.2, -0.15) is 0 Å². The predicted octanol–water partition coefficient (Wildman–Crippen LogP) is 1.98. The van der Waals surface area contributed by atoms with Crippen molar-refractivity contribution in [1.82, 2.24) is 4.90 Å². The van der Waals surface area contributed by atoms with Crippen molar-refractivity contribution in [2.45, 2.75) is 25.8 Å². The third-order valence-corrected chi connectivity index (χ3v) is 4.30. The SMILES string of the molecule is CC1CCN(C(=O)c2csc([N+](=O)[O-])c2)C(C(=O)O)C1. The van der Waals surface area contributed by atoms with Gasteiger partial charge in [0, 0.05) is 18.0 Å². The van der Waals surface area contributed by atoms with Crippen molar-refractivity contribution in [2.75, 3.05) is 6.54 Å². The molecule has 0 spiro atoms. The van der Waals surface area contributed by atoms with Gasteiger partial charge >= 0.3 is 11.0 Å². The summed E-state index contributed by atoms with van der Waals surface area (Å²) in [6.45, 7) is 2.31. The van der Waals surface area contributed by atoms with Gasteiger partial charge in [-0.15, -0.1) is 0 Å². The van der Waals surface area contributed by atoms with Gasteiger partial charge in [0.1, 0.15) is 6.04 Å². The highest BCUT2D eigenvalue weighted by Gasteiger charge is 2.35. The van der Waals surface area contributed by atoms with Crippen LogP contribution < -0.4 is 0 Å². The Morgan fingerprint density at radius 3 is 2.80 bits per heavy atom. The number of carboxylic acid groups (broad SMARTS) is 1. The first kappa shape index (κ1) is 14.4. The van der Waals surface area contributed by atoms with Gasteiger partial charge in [0.2, 0.25) is 0 Å². The molecule has 2 heterocycles. The van der Waals surface area contributed by atoms with Crippen LogP contribution in [0.2, 0.25) is 0 Å². The zero-order valence-corrected chi connectivity index (χ0v) is 11.6. The molecule has 1 fully saturated rings. The quantitative estimate of drug-likeness (QED) is 0.679. The van der Waals surface area contributed by atoms with Crippen molar-refractivity contribution in [3.8, 4) is 0 Å². The van der Waals surface area contributed by atoms with Gasteiger partial charge < -0.3 is 10.0 Å². The highest BCUT2D eigenvalue weighted by atomic mass is 32.1. The van der Waals surface area contributed by atoms with Crippen LogP contribution in [0.4, 0.5) is 5.00 Å². The van der Waals surface area contributed by atoms with E-state index in [0.29, 0.717) is 13.0 Å². The summed E-state index contributed by atoms with van der Waals surface area (Å²) in [7, 11) is 0.